The number of hydrogen-bond acceptors (Lipinski definition) is 15. The van der Waals surface area contributed by atoms with Crippen LogP contribution in [0.15, 0.2) is 0 Å². The molecule has 19 heteroatoms. The zero-order valence-corrected chi connectivity index (χ0v) is 59.1. The van der Waals surface area contributed by atoms with Gasteiger partial charge in [0, 0.05) is 25.7 Å². The Morgan fingerprint density at radius 2 is 0.545 bits per heavy atom. The average molecular weight is 1300 g/mol. The van der Waals surface area contributed by atoms with E-state index in [1.807, 2.05) is 0 Å². The van der Waals surface area contributed by atoms with Crippen LogP contribution in [0.25, 0.3) is 0 Å². The molecule has 0 aliphatic rings. The lowest BCUT2D eigenvalue weighted by molar-refractivity contribution is -0.161. The standard InChI is InChI=1S/C69H134O17P2/c1-9-62(8)48-40-32-24-18-19-27-36-44-52-69(74)86-65(56-80-67(72)50-42-34-28-20-23-31-39-47-61(6)7)58-84-88(77,78)82-54-63(70)53-81-87(75,76)83-57-64(55-79-66(71)49-41-33-25-17-13-15-22-30-38-46-60(4)5)85-68(73)51-43-35-26-16-12-10-11-14-21-29-37-45-59(2)3/h59-65,70H,9-58H2,1-8H3,(H,75,76)(H,77,78)/t62?,63?,64-,65-/m1/s1. The van der Waals surface area contributed by atoms with Gasteiger partial charge in [-0.15, -0.1) is 0 Å². The van der Waals surface area contributed by atoms with Gasteiger partial charge in [0.1, 0.15) is 19.3 Å². The fraction of sp³-hybridized carbons (Fsp3) is 0.942. The fourth-order valence-corrected chi connectivity index (χ4v) is 11.9. The number of hydrogen-bond donors (Lipinski definition) is 3. The largest absolute Gasteiger partial charge is 0.472 e. The lowest BCUT2D eigenvalue weighted by atomic mass is 9.99. The van der Waals surface area contributed by atoms with E-state index in [4.69, 9.17) is 37.0 Å². The number of carbonyl (C=O) groups is 4. The van der Waals surface area contributed by atoms with Crippen molar-refractivity contribution in [2.45, 2.75) is 356 Å². The van der Waals surface area contributed by atoms with E-state index in [2.05, 4.69) is 55.4 Å². The molecule has 0 saturated heterocycles. The first-order valence-electron chi connectivity index (χ1n) is 35.7. The molecular weight excluding hydrogens is 1160 g/mol. The number of aliphatic hydroxyl groups excluding tert-OH is 1. The fourth-order valence-electron chi connectivity index (χ4n) is 10.3. The number of rotatable bonds is 66. The van der Waals surface area contributed by atoms with Crippen LogP contribution in [0.5, 0.6) is 0 Å². The van der Waals surface area contributed by atoms with Gasteiger partial charge < -0.3 is 33.8 Å². The molecule has 0 aromatic rings. The highest BCUT2D eigenvalue weighted by Crippen LogP contribution is 2.45. The summed E-state index contributed by atoms with van der Waals surface area (Å²) in [6.07, 6.45) is 40.3. The SMILES string of the molecule is CCC(C)CCCCCCCCCCC(=O)O[C@H](COC(=O)CCCCCCCCCC(C)C)COP(=O)(O)OCC(O)COP(=O)(O)OC[C@@H](COC(=O)CCCCCCCCCCCC(C)C)OC(=O)CCCCCCCCCCCCCC(C)C. The first-order valence-corrected chi connectivity index (χ1v) is 38.7. The van der Waals surface area contributed by atoms with Gasteiger partial charge in [0.15, 0.2) is 12.2 Å². The molecule has 0 aromatic heterocycles. The summed E-state index contributed by atoms with van der Waals surface area (Å²) in [5.41, 5.74) is 0. The van der Waals surface area contributed by atoms with Crippen LogP contribution in [0.1, 0.15) is 338 Å². The van der Waals surface area contributed by atoms with Gasteiger partial charge in [-0.05, 0) is 49.4 Å². The molecular formula is C69H134O17P2. The van der Waals surface area contributed by atoms with E-state index in [9.17, 15) is 43.2 Å². The number of phosphoric ester groups is 2. The van der Waals surface area contributed by atoms with Crippen LogP contribution in [0.3, 0.4) is 0 Å². The highest BCUT2D eigenvalue weighted by atomic mass is 31.2. The minimum Gasteiger partial charge on any atom is -0.462 e. The van der Waals surface area contributed by atoms with Gasteiger partial charge in [-0.2, -0.15) is 0 Å². The summed E-state index contributed by atoms with van der Waals surface area (Å²) in [4.78, 5) is 72.5. The van der Waals surface area contributed by atoms with E-state index in [-0.39, 0.29) is 25.7 Å². The van der Waals surface area contributed by atoms with Crippen molar-refractivity contribution in [2.75, 3.05) is 39.6 Å². The summed E-state index contributed by atoms with van der Waals surface area (Å²) in [5.74, 6) is 0.851. The van der Waals surface area contributed by atoms with Crippen molar-refractivity contribution in [2.24, 2.45) is 23.7 Å². The van der Waals surface area contributed by atoms with Gasteiger partial charge in [-0.1, -0.05) is 287 Å². The highest BCUT2D eigenvalue weighted by molar-refractivity contribution is 7.47. The van der Waals surface area contributed by atoms with Crippen molar-refractivity contribution in [1.82, 2.24) is 0 Å². The van der Waals surface area contributed by atoms with Crippen molar-refractivity contribution in [3.05, 3.63) is 0 Å². The smallest absolute Gasteiger partial charge is 0.462 e. The molecule has 6 atom stereocenters. The van der Waals surface area contributed by atoms with Gasteiger partial charge in [0.05, 0.1) is 26.4 Å². The molecule has 0 amide bonds. The minimum absolute atomic E-state index is 0.104. The third-order valence-corrected chi connectivity index (χ3v) is 18.1. The van der Waals surface area contributed by atoms with Crippen molar-refractivity contribution < 1.29 is 80.2 Å². The second-order valence-corrected chi connectivity index (χ2v) is 29.5. The molecule has 17 nitrogen and oxygen atoms in total. The maximum atomic E-state index is 13.0. The first-order chi connectivity index (χ1) is 42.1. The molecule has 0 radical (unpaired) electrons. The van der Waals surface area contributed by atoms with E-state index in [1.54, 1.807) is 0 Å². The first kappa shape index (κ1) is 86.1. The Labute approximate surface area is 537 Å². The highest BCUT2D eigenvalue weighted by Gasteiger charge is 2.30. The van der Waals surface area contributed by atoms with Crippen LogP contribution in [-0.2, 0) is 65.4 Å². The Morgan fingerprint density at radius 1 is 0.318 bits per heavy atom. The van der Waals surface area contributed by atoms with E-state index in [0.29, 0.717) is 31.6 Å². The Balaban J connectivity index is 5.27. The van der Waals surface area contributed by atoms with Crippen LogP contribution in [0.4, 0.5) is 0 Å². The molecule has 0 aliphatic carbocycles. The zero-order chi connectivity index (χ0) is 65.4. The predicted molar refractivity (Wildman–Crippen MR) is 354 cm³/mol. The topological polar surface area (TPSA) is 237 Å². The maximum absolute atomic E-state index is 13.0. The number of unbranched alkanes of at least 4 members (excludes halogenated alkanes) is 31. The molecule has 0 aliphatic heterocycles. The molecule has 0 spiro atoms. The summed E-state index contributed by atoms with van der Waals surface area (Å²) >= 11 is 0. The third kappa shape index (κ3) is 61.6. The van der Waals surface area contributed by atoms with Crippen LogP contribution < -0.4 is 0 Å². The molecule has 3 N–H and O–H groups in total. The lowest BCUT2D eigenvalue weighted by Crippen LogP contribution is -2.30. The van der Waals surface area contributed by atoms with Gasteiger partial charge in [0.25, 0.3) is 0 Å². The Bertz CT molecular complexity index is 1750. The average Bonchev–Trinajstić information content (AvgIpc) is 3.55. The number of esters is 4. The van der Waals surface area contributed by atoms with Gasteiger partial charge in [0.2, 0.25) is 0 Å². The van der Waals surface area contributed by atoms with E-state index >= 15 is 0 Å². The summed E-state index contributed by atoms with van der Waals surface area (Å²) in [7, 11) is -9.90. The second kappa shape index (κ2) is 58.8. The molecule has 0 rings (SSSR count). The quantitative estimate of drug-likeness (QED) is 0.0222. The molecule has 0 heterocycles. The zero-order valence-electron chi connectivity index (χ0n) is 57.3. The van der Waals surface area contributed by atoms with E-state index in [1.165, 1.54) is 135 Å². The van der Waals surface area contributed by atoms with Crippen LogP contribution in [-0.4, -0.2) is 96.7 Å². The summed E-state index contributed by atoms with van der Waals surface area (Å²) in [6.45, 7) is 14.1. The predicted octanol–water partition coefficient (Wildman–Crippen LogP) is 19.3. The molecule has 0 saturated carbocycles. The van der Waals surface area contributed by atoms with Gasteiger partial charge in [-0.3, -0.25) is 37.3 Å². The van der Waals surface area contributed by atoms with Gasteiger partial charge in [-0.25, -0.2) is 9.13 Å². The molecule has 88 heavy (non-hydrogen) atoms. The molecule has 0 fully saturated rings. The van der Waals surface area contributed by atoms with Crippen LogP contribution >= 0.6 is 15.6 Å². The van der Waals surface area contributed by atoms with Crippen LogP contribution in [0, 0.1) is 23.7 Å². The summed E-state index contributed by atoms with van der Waals surface area (Å²) < 4.78 is 68.2. The summed E-state index contributed by atoms with van der Waals surface area (Å²) in [5, 5.41) is 10.6. The molecule has 0 aromatic carbocycles. The maximum Gasteiger partial charge on any atom is 0.472 e. The number of phosphoric acid groups is 2. The Kier molecular flexibility index (Phi) is 57.6. The Morgan fingerprint density at radius 3 is 0.807 bits per heavy atom. The molecule has 522 valence electrons. The minimum atomic E-state index is -4.95. The lowest BCUT2D eigenvalue weighted by Gasteiger charge is -2.21. The third-order valence-electron chi connectivity index (χ3n) is 16.2. The summed E-state index contributed by atoms with van der Waals surface area (Å²) in [6, 6.07) is 0. The van der Waals surface area contributed by atoms with Crippen molar-refractivity contribution >= 4 is 39.5 Å². The van der Waals surface area contributed by atoms with Crippen molar-refractivity contribution in [3.8, 4) is 0 Å². The normalized spacial score (nSPS) is 14.6. The van der Waals surface area contributed by atoms with Crippen LogP contribution in [0.2, 0.25) is 0 Å². The second-order valence-electron chi connectivity index (χ2n) is 26.6. The number of ether oxygens (including phenoxy) is 4. The van der Waals surface area contributed by atoms with Gasteiger partial charge >= 0.3 is 39.5 Å². The Hall–Kier alpha value is -1.94. The van der Waals surface area contributed by atoms with E-state index in [0.717, 1.165) is 114 Å². The molecule has 0 bridgehead atoms. The monoisotopic (exact) mass is 1300 g/mol. The molecule has 4 unspecified atom stereocenters. The van der Waals surface area contributed by atoms with Crippen molar-refractivity contribution in [1.29, 1.82) is 0 Å². The number of carbonyl (C=O) groups excluding carboxylic acids is 4. The van der Waals surface area contributed by atoms with E-state index < -0.39 is 97.5 Å². The van der Waals surface area contributed by atoms with Crippen molar-refractivity contribution in [3.63, 3.8) is 0 Å². The number of aliphatic hydroxyl groups is 1.